The molecule has 2 N–H and O–H groups in total. The summed E-state index contributed by atoms with van der Waals surface area (Å²) in [5, 5.41) is 0. The summed E-state index contributed by atoms with van der Waals surface area (Å²) in [6.07, 6.45) is 0.902. The van der Waals surface area contributed by atoms with Crippen molar-refractivity contribution >= 4 is 15.7 Å². The fraction of sp³-hybridized carbons (Fsp3) is 0.538. The number of piperidine rings is 1. The molecule has 112 valence electrons. The van der Waals surface area contributed by atoms with E-state index >= 15 is 0 Å². The van der Waals surface area contributed by atoms with E-state index in [0.29, 0.717) is 0 Å². The third-order valence-corrected chi connectivity index (χ3v) is 5.34. The molecule has 0 bridgehead atoms. The maximum Gasteiger partial charge on any atom is 0.248 e. The van der Waals surface area contributed by atoms with Crippen LogP contribution < -0.4 is 5.73 Å². The fourth-order valence-electron chi connectivity index (χ4n) is 2.76. The second-order valence-electron chi connectivity index (χ2n) is 5.58. The third-order valence-electron chi connectivity index (χ3n) is 3.45. The van der Waals surface area contributed by atoms with Crippen LogP contribution in [0.5, 0.6) is 0 Å². The molecule has 0 saturated carbocycles. The van der Waals surface area contributed by atoms with Crippen LogP contribution in [0.3, 0.4) is 0 Å². The van der Waals surface area contributed by atoms with Crippen LogP contribution in [-0.4, -0.2) is 25.8 Å². The maximum absolute atomic E-state index is 13.8. The zero-order valence-electron chi connectivity index (χ0n) is 11.4. The Morgan fingerprint density at radius 2 is 1.60 bits per heavy atom. The second kappa shape index (κ2) is 5.29. The average Bonchev–Trinajstić information content (AvgIpc) is 2.25. The Balaban J connectivity index is 2.45. The minimum Gasteiger partial charge on any atom is -0.399 e. The number of anilines is 1. The first-order valence-corrected chi connectivity index (χ1v) is 7.90. The first-order valence-electron chi connectivity index (χ1n) is 6.46. The van der Waals surface area contributed by atoms with Gasteiger partial charge in [-0.1, -0.05) is 13.8 Å². The van der Waals surface area contributed by atoms with Gasteiger partial charge >= 0.3 is 0 Å². The van der Waals surface area contributed by atoms with Gasteiger partial charge in [-0.25, -0.2) is 17.2 Å². The van der Waals surface area contributed by atoms with Gasteiger partial charge in [0.15, 0.2) is 4.90 Å². The molecule has 20 heavy (non-hydrogen) atoms. The minimum absolute atomic E-state index is 0.140. The Morgan fingerprint density at radius 3 is 2.05 bits per heavy atom. The average molecular weight is 304 g/mol. The standard InChI is InChI=1S/C13H18F2N2O2S/c1-8-3-9(2)7-17(6-8)20(18,19)13-11(14)4-10(16)5-12(13)15/h4-5,8-9H,3,6-7,16H2,1-2H3. The molecule has 2 rings (SSSR count). The van der Waals surface area contributed by atoms with E-state index in [4.69, 9.17) is 5.73 Å². The summed E-state index contributed by atoms with van der Waals surface area (Å²) < 4.78 is 53.7. The number of halogens is 2. The van der Waals surface area contributed by atoms with Gasteiger partial charge in [-0.3, -0.25) is 0 Å². The van der Waals surface area contributed by atoms with Crippen LogP contribution >= 0.6 is 0 Å². The first kappa shape index (κ1) is 15.2. The zero-order valence-corrected chi connectivity index (χ0v) is 12.3. The van der Waals surface area contributed by atoms with Gasteiger partial charge in [0.05, 0.1) is 0 Å². The van der Waals surface area contributed by atoms with Gasteiger partial charge in [-0.2, -0.15) is 4.31 Å². The van der Waals surface area contributed by atoms with Crippen molar-refractivity contribution in [2.45, 2.75) is 25.2 Å². The molecule has 2 atom stereocenters. The van der Waals surface area contributed by atoms with E-state index in [0.717, 1.165) is 22.9 Å². The molecule has 0 aromatic heterocycles. The summed E-state index contributed by atoms with van der Waals surface area (Å²) in [4.78, 5) is -0.909. The molecule has 1 aromatic carbocycles. The Labute approximate surface area is 117 Å². The van der Waals surface area contributed by atoms with Crippen LogP contribution in [0.1, 0.15) is 20.3 Å². The molecular formula is C13H18F2N2O2S. The largest absolute Gasteiger partial charge is 0.399 e. The number of nitrogens with zero attached hydrogens (tertiary/aromatic N) is 1. The van der Waals surface area contributed by atoms with Gasteiger partial charge in [0, 0.05) is 18.8 Å². The van der Waals surface area contributed by atoms with E-state index < -0.39 is 26.6 Å². The van der Waals surface area contributed by atoms with Gasteiger partial charge in [0.2, 0.25) is 10.0 Å². The summed E-state index contributed by atoms with van der Waals surface area (Å²) in [6.45, 7) is 4.40. The van der Waals surface area contributed by atoms with E-state index in [2.05, 4.69) is 0 Å². The smallest absolute Gasteiger partial charge is 0.248 e. The highest BCUT2D eigenvalue weighted by Gasteiger charge is 2.35. The predicted molar refractivity (Wildman–Crippen MR) is 72.5 cm³/mol. The number of hydrogen-bond donors (Lipinski definition) is 1. The molecule has 1 fully saturated rings. The van der Waals surface area contributed by atoms with E-state index in [1.165, 1.54) is 0 Å². The number of rotatable bonds is 2. The summed E-state index contributed by atoms with van der Waals surface area (Å²) in [5.74, 6) is -1.97. The van der Waals surface area contributed by atoms with Crippen molar-refractivity contribution in [2.75, 3.05) is 18.8 Å². The van der Waals surface area contributed by atoms with Crippen molar-refractivity contribution in [1.29, 1.82) is 0 Å². The van der Waals surface area contributed by atoms with Crippen molar-refractivity contribution < 1.29 is 17.2 Å². The quantitative estimate of drug-likeness (QED) is 0.852. The highest BCUT2D eigenvalue weighted by atomic mass is 32.2. The van der Waals surface area contributed by atoms with Crippen molar-refractivity contribution in [1.82, 2.24) is 4.31 Å². The molecular weight excluding hydrogens is 286 g/mol. The van der Waals surface area contributed by atoms with Gasteiger partial charge < -0.3 is 5.73 Å². The van der Waals surface area contributed by atoms with Crippen LogP contribution in [0.25, 0.3) is 0 Å². The number of benzene rings is 1. The summed E-state index contributed by atoms with van der Waals surface area (Å²) in [5.41, 5.74) is 5.17. The molecule has 0 spiro atoms. The Kier molecular flexibility index (Phi) is 4.02. The topological polar surface area (TPSA) is 63.4 Å². The van der Waals surface area contributed by atoms with Crippen LogP contribution in [-0.2, 0) is 10.0 Å². The lowest BCUT2D eigenvalue weighted by Crippen LogP contribution is -2.43. The lowest BCUT2D eigenvalue weighted by molar-refractivity contribution is 0.221. The molecule has 7 heteroatoms. The van der Waals surface area contributed by atoms with E-state index in [9.17, 15) is 17.2 Å². The molecule has 2 unspecified atom stereocenters. The SMILES string of the molecule is CC1CC(C)CN(S(=O)(=O)c2c(F)cc(N)cc2F)C1. The van der Waals surface area contributed by atoms with Crippen LogP contribution in [0.2, 0.25) is 0 Å². The Morgan fingerprint density at radius 1 is 1.15 bits per heavy atom. The van der Waals surface area contributed by atoms with E-state index in [-0.39, 0.29) is 30.6 Å². The summed E-state index contributed by atoms with van der Waals surface area (Å²) in [7, 11) is -4.18. The predicted octanol–water partition coefficient (Wildman–Crippen LogP) is 2.21. The van der Waals surface area contributed by atoms with Gasteiger partial charge in [0.1, 0.15) is 11.6 Å². The molecule has 0 radical (unpaired) electrons. The van der Waals surface area contributed by atoms with E-state index in [1.807, 2.05) is 13.8 Å². The summed E-state index contributed by atoms with van der Waals surface area (Å²) >= 11 is 0. The lowest BCUT2D eigenvalue weighted by atomic mass is 9.94. The third kappa shape index (κ3) is 2.78. The highest BCUT2D eigenvalue weighted by molar-refractivity contribution is 7.89. The molecule has 4 nitrogen and oxygen atoms in total. The normalized spacial score (nSPS) is 24.8. The van der Waals surface area contributed by atoms with E-state index in [1.54, 1.807) is 0 Å². The lowest BCUT2D eigenvalue weighted by Gasteiger charge is -2.34. The van der Waals surface area contributed by atoms with Crippen LogP contribution in [0.15, 0.2) is 17.0 Å². The highest BCUT2D eigenvalue weighted by Crippen LogP contribution is 2.30. The van der Waals surface area contributed by atoms with Gasteiger partial charge in [-0.05, 0) is 30.4 Å². The van der Waals surface area contributed by atoms with Crippen molar-refractivity contribution in [2.24, 2.45) is 11.8 Å². The number of hydrogen-bond acceptors (Lipinski definition) is 3. The Bertz CT molecular complexity index is 586. The van der Waals surface area contributed by atoms with Crippen molar-refractivity contribution in [3.05, 3.63) is 23.8 Å². The molecule has 1 aliphatic heterocycles. The minimum atomic E-state index is -4.18. The van der Waals surface area contributed by atoms with Crippen LogP contribution in [0.4, 0.5) is 14.5 Å². The first-order chi connectivity index (χ1) is 9.21. The van der Waals surface area contributed by atoms with Crippen LogP contribution in [0, 0.1) is 23.5 Å². The monoisotopic (exact) mass is 304 g/mol. The number of nitrogens with two attached hydrogens (primary N) is 1. The number of nitrogen functional groups attached to an aromatic ring is 1. The molecule has 0 aliphatic carbocycles. The molecule has 1 saturated heterocycles. The number of sulfonamides is 1. The van der Waals surface area contributed by atoms with Crippen molar-refractivity contribution in [3.8, 4) is 0 Å². The molecule has 1 aromatic rings. The van der Waals surface area contributed by atoms with Crippen molar-refractivity contribution in [3.63, 3.8) is 0 Å². The molecule has 1 heterocycles. The van der Waals surface area contributed by atoms with Gasteiger partial charge in [0.25, 0.3) is 0 Å². The summed E-state index contributed by atoms with van der Waals surface area (Å²) in [6, 6.07) is 1.65. The second-order valence-corrected chi connectivity index (χ2v) is 7.46. The maximum atomic E-state index is 13.8. The zero-order chi connectivity index (χ0) is 15.1. The fourth-order valence-corrected chi connectivity index (χ4v) is 4.53. The molecule has 0 amide bonds. The van der Waals surface area contributed by atoms with Gasteiger partial charge in [-0.15, -0.1) is 0 Å². The molecule has 1 aliphatic rings. The Hall–Kier alpha value is -1.21.